The van der Waals surface area contributed by atoms with Crippen LogP contribution < -0.4 is 10.6 Å². The number of sulfone groups is 1. The lowest BCUT2D eigenvalue weighted by Gasteiger charge is -2.30. The molecule has 1 aromatic rings. The molecule has 0 radical (unpaired) electrons. The number of aliphatic imine (C=N–C) groups is 1. The quantitative estimate of drug-likeness (QED) is 0.213. The minimum absolute atomic E-state index is 0. The van der Waals surface area contributed by atoms with Crippen molar-refractivity contribution in [2.75, 3.05) is 39.0 Å². The van der Waals surface area contributed by atoms with E-state index in [-0.39, 0.29) is 24.0 Å². The van der Waals surface area contributed by atoms with Crippen LogP contribution in [-0.4, -0.2) is 58.3 Å². The van der Waals surface area contributed by atoms with Gasteiger partial charge in [0, 0.05) is 25.9 Å². The zero-order chi connectivity index (χ0) is 21.3. The molecule has 30 heavy (non-hydrogen) atoms. The van der Waals surface area contributed by atoms with Crippen LogP contribution in [0.3, 0.4) is 0 Å². The smallest absolute Gasteiger partial charge is 0.191 e. The van der Waals surface area contributed by atoms with Crippen LogP contribution in [-0.2, 0) is 16.4 Å². The van der Waals surface area contributed by atoms with Crippen molar-refractivity contribution in [2.45, 2.75) is 57.9 Å². The number of guanidine groups is 1. The monoisotopic (exact) mass is 550 g/mol. The zero-order valence-electron chi connectivity index (χ0n) is 18.9. The number of rotatable bonds is 9. The Kier molecular flexibility index (Phi) is 12.2. The molecule has 1 unspecified atom stereocenters. The Hall–Kier alpha value is -0.870. The molecule has 1 aliphatic heterocycles. The Balaban J connectivity index is 0.00000450. The number of nitrogens with zero attached hydrogens (tertiary/aromatic N) is 2. The first-order valence-electron chi connectivity index (χ1n) is 10.8. The average molecular weight is 551 g/mol. The van der Waals surface area contributed by atoms with Gasteiger partial charge in [0.25, 0.3) is 0 Å². The van der Waals surface area contributed by atoms with E-state index >= 15 is 0 Å². The van der Waals surface area contributed by atoms with E-state index in [2.05, 4.69) is 34.4 Å². The van der Waals surface area contributed by atoms with E-state index in [1.54, 1.807) is 6.07 Å². The fourth-order valence-electron chi connectivity index (χ4n) is 3.89. The Morgan fingerprint density at radius 3 is 2.67 bits per heavy atom. The summed E-state index contributed by atoms with van der Waals surface area (Å²) in [5, 5.41) is 6.69. The van der Waals surface area contributed by atoms with Crippen molar-refractivity contribution in [3.8, 4) is 0 Å². The predicted molar refractivity (Wildman–Crippen MR) is 137 cm³/mol. The summed E-state index contributed by atoms with van der Waals surface area (Å²) < 4.78 is 23.5. The van der Waals surface area contributed by atoms with Gasteiger partial charge in [-0.25, -0.2) is 13.4 Å². The second kappa shape index (κ2) is 13.5. The summed E-state index contributed by atoms with van der Waals surface area (Å²) in [6.45, 7) is 12.1. The first-order valence-corrected chi connectivity index (χ1v) is 12.7. The van der Waals surface area contributed by atoms with Gasteiger partial charge in [-0.3, -0.25) is 0 Å². The van der Waals surface area contributed by atoms with Crippen LogP contribution in [0.1, 0.15) is 50.7 Å². The molecule has 1 aromatic carbocycles. The van der Waals surface area contributed by atoms with Gasteiger partial charge in [-0.15, -0.1) is 24.0 Å². The maximum atomic E-state index is 11.8. The minimum atomic E-state index is -3.18. The maximum Gasteiger partial charge on any atom is 0.191 e. The molecule has 1 saturated heterocycles. The molecule has 1 heterocycles. The molecule has 0 bridgehead atoms. The maximum absolute atomic E-state index is 11.8. The first kappa shape index (κ1) is 27.2. The number of nitrogens with one attached hydrogen (secondary N) is 2. The Labute approximate surface area is 200 Å². The van der Waals surface area contributed by atoms with Crippen LogP contribution >= 0.6 is 24.0 Å². The van der Waals surface area contributed by atoms with Crippen molar-refractivity contribution < 1.29 is 8.42 Å². The van der Waals surface area contributed by atoms with Crippen molar-refractivity contribution in [1.82, 2.24) is 15.5 Å². The van der Waals surface area contributed by atoms with E-state index in [0.29, 0.717) is 11.4 Å². The molecular formula is C22H39IN4O2S. The van der Waals surface area contributed by atoms with Crippen molar-refractivity contribution >= 4 is 39.8 Å². The SMILES string of the molecule is CCNC(=NCc1ccc(S(C)(=O)=O)c(C)c1)NCCCCN1CCCC(C)C1.I. The van der Waals surface area contributed by atoms with Gasteiger partial charge in [0.1, 0.15) is 0 Å². The van der Waals surface area contributed by atoms with Crippen molar-refractivity contribution in [2.24, 2.45) is 10.9 Å². The summed E-state index contributed by atoms with van der Waals surface area (Å²) in [6, 6.07) is 5.43. The summed E-state index contributed by atoms with van der Waals surface area (Å²) in [4.78, 5) is 7.63. The lowest BCUT2D eigenvalue weighted by molar-refractivity contribution is 0.181. The highest BCUT2D eigenvalue weighted by Crippen LogP contribution is 2.17. The Bertz CT molecular complexity index is 783. The highest BCUT2D eigenvalue weighted by molar-refractivity contribution is 14.0. The van der Waals surface area contributed by atoms with E-state index in [0.717, 1.165) is 42.5 Å². The predicted octanol–water partition coefficient (Wildman–Crippen LogP) is 3.58. The van der Waals surface area contributed by atoms with E-state index in [4.69, 9.17) is 0 Å². The molecule has 0 spiro atoms. The molecule has 172 valence electrons. The van der Waals surface area contributed by atoms with Crippen molar-refractivity contribution in [3.63, 3.8) is 0 Å². The van der Waals surface area contributed by atoms with Crippen molar-refractivity contribution in [1.29, 1.82) is 0 Å². The van der Waals surface area contributed by atoms with Gasteiger partial charge in [0.2, 0.25) is 0 Å². The van der Waals surface area contributed by atoms with Gasteiger partial charge in [-0.2, -0.15) is 0 Å². The third kappa shape index (κ3) is 9.51. The van der Waals surface area contributed by atoms with Crippen LogP contribution in [0, 0.1) is 12.8 Å². The van der Waals surface area contributed by atoms with Gasteiger partial charge >= 0.3 is 0 Å². The van der Waals surface area contributed by atoms with Gasteiger partial charge in [0.05, 0.1) is 11.4 Å². The standard InChI is InChI=1S/C22H38N4O2S.HI/c1-5-23-22(24-12-6-7-13-26-14-8-9-18(2)17-26)25-16-20-10-11-21(19(3)15-20)29(4,27)28;/h10-11,15,18H,5-9,12-14,16-17H2,1-4H3,(H2,23,24,25);1H. The van der Waals surface area contributed by atoms with Crippen LogP contribution in [0.5, 0.6) is 0 Å². The molecule has 2 N–H and O–H groups in total. The Morgan fingerprint density at radius 2 is 2.03 bits per heavy atom. The van der Waals surface area contributed by atoms with Gasteiger partial charge < -0.3 is 15.5 Å². The van der Waals surface area contributed by atoms with Crippen LogP contribution in [0.4, 0.5) is 0 Å². The third-order valence-corrected chi connectivity index (χ3v) is 6.59. The highest BCUT2D eigenvalue weighted by atomic mass is 127. The topological polar surface area (TPSA) is 73.8 Å². The fourth-order valence-corrected chi connectivity index (χ4v) is 4.85. The second-order valence-electron chi connectivity index (χ2n) is 8.25. The van der Waals surface area contributed by atoms with E-state index < -0.39 is 9.84 Å². The van der Waals surface area contributed by atoms with Crippen molar-refractivity contribution in [3.05, 3.63) is 29.3 Å². The summed E-state index contributed by atoms with van der Waals surface area (Å²) in [6.07, 6.45) is 6.27. The van der Waals surface area contributed by atoms with Crippen LogP contribution in [0.25, 0.3) is 0 Å². The Morgan fingerprint density at radius 1 is 1.27 bits per heavy atom. The van der Waals surface area contributed by atoms with Crippen LogP contribution in [0.15, 0.2) is 28.1 Å². The average Bonchev–Trinajstić information content (AvgIpc) is 2.65. The lowest BCUT2D eigenvalue weighted by atomic mass is 10.0. The number of benzene rings is 1. The number of unbranched alkanes of at least 4 members (excludes halogenated alkanes) is 1. The molecule has 1 atom stereocenters. The molecule has 8 heteroatoms. The third-order valence-electron chi connectivity index (χ3n) is 5.34. The number of aryl methyl sites for hydroxylation is 1. The van der Waals surface area contributed by atoms with E-state index in [9.17, 15) is 8.42 Å². The molecule has 0 aliphatic carbocycles. The number of hydrogen-bond acceptors (Lipinski definition) is 4. The second-order valence-corrected chi connectivity index (χ2v) is 10.2. The minimum Gasteiger partial charge on any atom is -0.357 e. The largest absolute Gasteiger partial charge is 0.357 e. The van der Waals surface area contributed by atoms with E-state index in [1.807, 2.05) is 19.1 Å². The number of halogens is 1. The molecule has 0 aromatic heterocycles. The first-order chi connectivity index (χ1) is 13.8. The molecule has 1 aliphatic rings. The summed E-state index contributed by atoms with van der Waals surface area (Å²) >= 11 is 0. The number of piperidine rings is 1. The molecular weight excluding hydrogens is 511 g/mol. The lowest BCUT2D eigenvalue weighted by Crippen LogP contribution is -2.38. The van der Waals surface area contributed by atoms with Crippen LogP contribution in [0.2, 0.25) is 0 Å². The zero-order valence-corrected chi connectivity index (χ0v) is 22.1. The summed E-state index contributed by atoms with van der Waals surface area (Å²) in [7, 11) is -3.18. The highest BCUT2D eigenvalue weighted by Gasteiger charge is 2.15. The molecule has 0 amide bonds. The fraction of sp³-hybridized carbons (Fsp3) is 0.682. The molecule has 6 nitrogen and oxygen atoms in total. The molecule has 2 rings (SSSR count). The van der Waals surface area contributed by atoms with Gasteiger partial charge in [-0.1, -0.05) is 19.1 Å². The molecule has 1 fully saturated rings. The number of hydrogen-bond donors (Lipinski definition) is 2. The summed E-state index contributed by atoms with van der Waals surface area (Å²) in [5.74, 6) is 1.65. The normalized spacial score (nSPS) is 18.0. The van der Waals surface area contributed by atoms with E-state index in [1.165, 1.54) is 45.2 Å². The molecule has 0 saturated carbocycles. The van der Waals surface area contributed by atoms with Gasteiger partial charge in [-0.05, 0) is 75.7 Å². The number of likely N-dealkylation sites (tertiary alicyclic amines) is 1. The summed E-state index contributed by atoms with van der Waals surface area (Å²) in [5.41, 5.74) is 1.77. The van der Waals surface area contributed by atoms with Gasteiger partial charge in [0.15, 0.2) is 15.8 Å².